The van der Waals surface area contributed by atoms with Gasteiger partial charge in [0.1, 0.15) is 0 Å². The molecule has 3 heteroatoms. The highest BCUT2D eigenvalue weighted by molar-refractivity contribution is 4.98. The van der Waals surface area contributed by atoms with Crippen LogP contribution in [0.3, 0.4) is 0 Å². The minimum atomic E-state index is -2.42. The Kier molecular flexibility index (Phi) is 2.33. The molecule has 2 fully saturated rings. The first-order chi connectivity index (χ1) is 6.41. The molecule has 0 aromatic heterocycles. The number of alkyl halides is 2. The predicted octanol–water partition coefficient (Wildman–Crippen LogP) is 2.81. The molecule has 1 saturated carbocycles. The van der Waals surface area contributed by atoms with Crippen molar-refractivity contribution in [1.29, 1.82) is 0 Å². The van der Waals surface area contributed by atoms with Gasteiger partial charge in [-0.1, -0.05) is 13.8 Å². The summed E-state index contributed by atoms with van der Waals surface area (Å²) >= 11 is 0. The van der Waals surface area contributed by atoms with Crippen molar-refractivity contribution in [2.75, 3.05) is 6.54 Å². The van der Waals surface area contributed by atoms with Crippen molar-refractivity contribution < 1.29 is 8.78 Å². The summed E-state index contributed by atoms with van der Waals surface area (Å²) in [4.78, 5) is 0. The molecule has 1 aliphatic carbocycles. The third-order valence-corrected chi connectivity index (χ3v) is 3.80. The number of rotatable bonds is 0. The van der Waals surface area contributed by atoms with Gasteiger partial charge in [-0.3, -0.25) is 0 Å². The van der Waals surface area contributed by atoms with Crippen LogP contribution in [0, 0.1) is 11.3 Å². The fourth-order valence-electron chi connectivity index (χ4n) is 2.92. The lowest BCUT2D eigenvalue weighted by Crippen LogP contribution is -2.55. The first-order valence-electron chi connectivity index (χ1n) is 5.52. The Morgan fingerprint density at radius 3 is 2.64 bits per heavy atom. The fourth-order valence-corrected chi connectivity index (χ4v) is 2.92. The summed E-state index contributed by atoms with van der Waals surface area (Å²) in [6.07, 6.45) is 2.53. The molecule has 14 heavy (non-hydrogen) atoms. The van der Waals surface area contributed by atoms with Crippen LogP contribution in [0.4, 0.5) is 8.78 Å². The highest BCUT2D eigenvalue weighted by atomic mass is 19.3. The van der Waals surface area contributed by atoms with Crippen molar-refractivity contribution >= 4 is 0 Å². The summed E-state index contributed by atoms with van der Waals surface area (Å²) < 4.78 is 27.1. The molecule has 0 spiro atoms. The second-order valence-corrected chi connectivity index (χ2v) is 5.59. The van der Waals surface area contributed by atoms with E-state index in [-0.39, 0.29) is 17.9 Å². The van der Waals surface area contributed by atoms with Gasteiger partial charge >= 0.3 is 0 Å². The number of hydrogen-bond acceptors (Lipinski definition) is 1. The number of nitrogens with one attached hydrogen (secondary N) is 1. The van der Waals surface area contributed by atoms with Gasteiger partial charge in [0, 0.05) is 24.9 Å². The van der Waals surface area contributed by atoms with Crippen LogP contribution in [0.25, 0.3) is 0 Å². The predicted molar refractivity (Wildman–Crippen MR) is 52.5 cm³/mol. The SMILES string of the molecule is CC1(C)CCC2C(C1)NCCC2(F)F. The highest BCUT2D eigenvalue weighted by Crippen LogP contribution is 2.46. The summed E-state index contributed by atoms with van der Waals surface area (Å²) in [6.45, 7) is 4.83. The van der Waals surface area contributed by atoms with E-state index in [0.717, 1.165) is 12.8 Å². The topological polar surface area (TPSA) is 12.0 Å². The monoisotopic (exact) mass is 203 g/mol. The Balaban J connectivity index is 2.11. The molecule has 1 heterocycles. The van der Waals surface area contributed by atoms with Crippen LogP contribution in [0.5, 0.6) is 0 Å². The Hall–Kier alpha value is -0.180. The lowest BCUT2D eigenvalue weighted by molar-refractivity contribution is -0.117. The number of fused-ring (bicyclic) bond motifs is 1. The van der Waals surface area contributed by atoms with E-state index in [0.29, 0.717) is 13.0 Å². The molecule has 2 aliphatic rings. The van der Waals surface area contributed by atoms with E-state index in [1.165, 1.54) is 0 Å². The lowest BCUT2D eigenvalue weighted by atomic mass is 9.67. The van der Waals surface area contributed by atoms with E-state index in [9.17, 15) is 8.78 Å². The second kappa shape index (κ2) is 3.16. The Bertz CT molecular complexity index is 225. The van der Waals surface area contributed by atoms with Crippen molar-refractivity contribution in [3.05, 3.63) is 0 Å². The van der Waals surface area contributed by atoms with Gasteiger partial charge in [-0.25, -0.2) is 8.78 Å². The van der Waals surface area contributed by atoms with Crippen molar-refractivity contribution in [3.63, 3.8) is 0 Å². The standard InChI is InChI=1S/C11H19F2N/c1-10(2)4-3-8-9(7-10)14-6-5-11(8,12)13/h8-9,14H,3-7H2,1-2H3. The van der Waals surface area contributed by atoms with Gasteiger partial charge < -0.3 is 5.32 Å². The summed E-state index contributed by atoms with van der Waals surface area (Å²) in [5.74, 6) is -2.84. The van der Waals surface area contributed by atoms with Gasteiger partial charge in [0.05, 0.1) is 0 Å². The summed E-state index contributed by atoms with van der Waals surface area (Å²) in [5.41, 5.74) is 0.238. The number of piperidine rings is 1. The third-order valence-electron chi connectivity index (χ3n) is 3.80. The normalized spacial score (nSPS) is 40.3. The van der Waals surface area contributed by atoms with Crippen LogP contribution < -0.4 is 5.32 Å². The minimum Gasteiger partial charge on any atom is -0.313 e. The van der Waals surface area contributed by atoms with E-state index < -0.39 is 11.8 Å². The van der Waals surface area contributed by atoms with Crippen LogP contribution in [0.2, 0.25) is 0 Å². The molecule has 0 amide bonds. The van der Waals surface area contributed by atoms with Crippen LogP contribution >= 0.6 is 0 Å². The molecular formula is C11H19F2N. The Labute approximate surface area is 84.3 Å². The molecule has 0 radical (unpaired) electrons. The molecule has 2 rings (SSSR count). The zero-order chi connectivity index (χ0) is 10.4. The smallest absolute Gasteiger partial charge is 0.253 e. The van der Waals surface area contributed by atoms with E-state index in [1.807, 2.05) is 0 Å². The quantitative estimate of drug-likeness (QED) is 0.638. The molecule has 1 saturated heterocycles. The van der Waals surface area contributed by atoms with Gasteiger partial charge in [0.25, 0.3) is 5.92 Å². The molecule has 1 aliphatic heterocycles. The van der Waals surface area contributed by atoms with E-state index in [1.54, 1.807) is 0 Å². The maximum Gasteiger partial charge on any atom is 0.253 e. The largest absolute Gasteiger partial charge is 0.313 e. The molecular weight excluding hydrogens is 184 g/mol. The first kappa shape index (κ1) is 10.3. The van der Waals surface area contributed by atoms with E-state index in [2.05, 4.69) is 19.2 Å². The summed E-state index contributed by atoms with van der Waals surface area (Å²) in [5, 5.41) is 3.25. The van der Waals surface area contributed by atoms with E-state index in [4.69, 9.17) is 0 Å². The van der Waals surface area contributed by atoms with Crippen LogP contribution in [-0.4, -0.2) is 18.5 Å². The summed E-state index contributed by atoms with van der Waals surface area (Å²) in [6, 6.07) is 0.0440. The average Bonchev–Trinajstić information content (AvgIpc) is 2.00. The summed E-state index contributed by atoms with van der Waals surface area (Å²) in [7, 11) is 0. The lowest BCUT2D eigenvalue weighted by Gasteiger charge is -2.47. The van der Waals surface area contributed by atoms with Gasteiger partial charge in [-0.05, 0) is 24.7 Å². The van der Waals surface area contributed by atoms with Crippen molar-refractivity contribution in [2.24, 2.45) is 11.3 Å². The molecule has 0 bridgehead atoms. The van der Waals surface area contributed by atoms with Gasteiger partial charge in [-0.15, -0.1) is 0 Å². The third kappa shape index (κ3) is 1.79. The van der Waals surface area contributed by atoms with Crippen LogP contribution in [0.1, 0.15) is 39.5 Å². The molecule has 2 unspecified atom stereocenters. The average molecular weight is 203 g/mol. The molecule has 1 N–H and O–H groups in total. The van der Waals surface area contributed by atoms with Crippen LogP contribution in [-0.2, 0) is 0 Å². The number of halogens is 2. The molecule has 1 nitrogen and oxygen atoms in total. The maximum atomic E-state index is 13.6. The van der Waals surface area contributed by atoms with Crippen molar-refractivity contribution in [2.45, 2.75) is 51.5 Å². The zero-order valence-corrected chi connectivity index (χ0v) is 8.95. The fraction of sp³-hybridized carbons (Fsp3) is 1.00. The van der Waals surface area contributed by atoms with E-state index >= 15 is 0 Å². The first-order valence-corrected chi connectivity index (χ1v) is 5.52. The highest BCUT2D eigenvalue weighted by Gasteiger charge is 2.50. The number of hydrogen-bond donors (Lipinski definition) is 1. The Morgan fingerprint density at radius 1 is 1.21 bits per heavy atom. The molecule has 2 atom stereocenters. The molecule has 82 valence electrons. The molecule has 0 aromatic carbocycles. The van der Waals surface area contributed by atoms with Crippen LogP contribution in [0.15, 0.2) is 0 Å². The van der Waals surface area contributed by atoms with Crippen molar-refractivity contribution in [1.82, 2.24) is 5.32 Å². The molecule has 0 aromatic rings. The second-order valence-electron chi connectivity index (χ2n) is 5.59. The zero-order valence-electron chi connectivity index (χ0n) is 8.95. The van der Waals surface area contributed by atoms with Gasteiger partial charge in [0.2, 0.25) is 0 Å². The van der Waals surface area contributed by atoms with Gasteiger partial charge in [-0.2, -0.15) is 0 Å². The Morgan fingerprint density at radius 2 is 1.93 bits per heavy atom. The van der Waals surface area contributed by atoms with Gasteiger partial charge in [0.15, 0.2) is 0 Å². The maximum absolute atomic E-state index is 13.6. The van der Waals surface area contributed by atoms with Crippen molar-refractivity contribution in [3.8, 4) is 0 Å². The minimum absolute atomic E-state index is 0.0224.